The molecule has 1 fully saturated rings. The number of amides is 1. The molecule has 0 spiro atoms. The lowest BCUT2D eigenvalue weighted by atomic mass is 9.97. The number of rotatable bonds is 8. The lowest BCUT2D eigenvalue weighted by Gasteiger charge is -2.43. The minimum atomic E-state index is -1.17. The highest BCUT2D eigenvalue weighted by Gasteiger charge is 2.50. The SMILES string of the molecule is CC(=O)Nc1ccc(S[C@H]2OC(COC(C)=O)[C@H](OC(C)=O)C(N=[N+]=[N-])[C@H]2OC(C)=O)cc1. The molecule has 1 heterocycles. The number of ether oxygens (including phenoxy) is 4. The third-order valence-corrected chi connectivity index (χ3v) is 5.44. The summed E-state index contributed by atoms with van der Waals surface area (Å²) in [5.74, 6) is -2.15. The molecule has 33 heavy (non-hydrogen) atoms. The minimum Gasteiger partial charge on any atom is -0.463 e. The van der Waals surface area contributed by atoms with Crippen molar-refractivity contribution < 1.29 is 38.1 Å². The number of hydrogen-bond donors (Lipinski definition) is 1. The number of anilines is 1. The molecule has 1 aromatic carbocycles. The lowest BCUT2D eigenvalue weighted by Crippen LogP contribution is -2.59. The van der Waals surface area contributed by atoms with Gasteiger partial charge in [0.1, 0.15) is 36.4 Å². The summed E-state index contributed by atoms with van der Waals surface area (Å²) in [6, 6.07) is 5.64. The molecule has 12 nitrogen and oxygen atoms in total. The average Bonchev–Trinajstić information content (AvgIpc) is 2.71. The second-order valence-corrected chi connectivity index (χ2v) is 8.18. The van der Waals surface area contributed by atoms with E-state index in [2.05, 4.69) is 15.3 Å². The predicted octanol–water partition coefficient (Wildman–Crippen LogP) is 2.57. The van der Waals surface area contributed by atoms with Crippen LogP contribution in [-0.4, -0.2) is 60.2 Å². The Bertz CT molecular complexity index is 934. The summed E-state index contributed by atoms with van der Waals surface area (Å²) in [4.78, 5) is 49.5. The van der Waals surface area contributed by atoms with Crippen LogP contribution in [0.3, 0.4) is 0 Å². The van der Waals surface area contributed by atoms with Crippen LogP contribution >= 0.6 is 11.8 Å². The molecule has 1 aromatic rings. The second kappa shape index (κ2) is 12.1. The van der Waals surface area contributed by atoms with Crippen molar-refractivity contribution in [2.75, 3.05) is 11.9 Å². The van der Waals surface area contributed by atoms with E-state index in [1.54, 1.807) is 24.3 Å². The van der Waals surface area contributed by atoms with E-state index in [0.717, 1.165) is 18.7 Å². The maximum absolute atomic E-state index is 11.8. The summed E-state index contributed by atoms with van der Waals surface area (Å²) in [5, 5.41) is 6.37. The van der Waals surface area contributed by atoms with Crippen molar-refractivity contribution in [2.24, 2.45) is 5.11 Å². The van der Waals surface area contributed by atoms with E-state index in [0.29, 0.717) is 10.6 Å². The van der Waals surface area contributed by atoms with E-state index >= 15 is 0 Å². The highest BCUT2D eigenvalue weighted by atomic mass is 32.2. The Balaban J connectivity index is 2.38. The Hall–Kier alpha value is -3.28. The first-order valence-corrected chi connectivity index (χ1v) is 10.7. The van der Waals surface area contributed by atoms with Gasteiger partial charge in [-0.05, 0) is 29.8 Å². The average molecular weight is 480 g/mol. The van der Waals surface area contributed by atoms with Gasteiger partial charge in [0.05, 0.1) is 0 Å². The highest BCUT2D eigenvalue weighted by molar-refractivity contribution is 7.99. The maximum Gasteiger partial charge on any atom is 0.303 e. The molecule has 178 valence electrons. The Labute approximate surface area is 193 Å². The fourth-order valence-electron chi connectivity index (χ4n) is 3.12. The minimum absolute atomic E-state index is 0.219. The Morgan fingerprint density at radius 1 is 1.03 bits per heavy atom. The van der Waals surface area contributed by atoms with Gasteiger partial charge in [-0.1, -0.05) is 16.9 Å². The second-order valence-electron chi connectivity index (χ2n) is 7.01. The van der Waals surface area contributed by atoms with Crippen molar-refractivity contribution in [1.82, 2.24) is 0 Å². The van der Waals surface area contributed by atoms with Crippen molar-refractivity contribution in [3.05, 3.63) is 34.7 Å². The topological polar surface area (TPSA) is 166 Å². The summed E-state index contributed by atoms with van der Waals surface area (Å²) < 4.78 is 21.8. The first kappa shape index (κ1) is 26.0. The number of azide groups is 1. The standard InChI is InChI=1S/C20H24N4O8S/c1-10(25)22-14-5-7-15(8-6-14)33-20-19(31-13(4)28)17(23-24-21)18(30-12(3)27)16(32-20)9-29-11(2)26/h5-8,16-20H,9H2,1-4H3,(H,22,25)/t16?,17?,18-,19+,20+/m0/s1. The van der Waals surface area contributed by atoms with Crippen LogP contribution in [-0.2, 0) is 38.1 Å². The molecule has 1 aliphatic heterocycles. The maximum atomic E-state index is 11.8. The van der Waals surface area contributed by atoms with Crippen LogP contribution in [0, 0.1) is 0 Å². The number of hydrogen-bond acceptors (Lipinski definition) is 10. The molecule has 1 N–H and O–H groups in total. The van der Waals surface area contributed by atoms with Gasteiger partial charge in [-0.25, -0.2) is 0 Å². The molecule has 0 saturated carbocycles. The van der Waals surface area contributed by atoms with Crippen molar-refractivity contribution in [3.8, 4) is 0 Å². The molecule has 1 saturated heterocycles. The summed E-state index contributed by atoms with van der Waals surface area (Å²) in [6.07, 6.45) is -3.27. The summed E-state index contributed by atoms with van der Waals surface area (Å²) in [7, 11) is 0. The summed E-state index contributed by atoms with van der Waals surface area (Å²) in [6.45, 7) is 4.66. The fraction of sp³-hybridized carbons (Fsp3) is 0.500. The van der Waals surface area contributed by atoms with Crippen LogP contribution in [0.25, 0.3) is 10.4 Å². The van der Waals surface area contributed by atoms with Crippen molar-refractivity contribution in [2.45, 2.75) is 62.4 Å². The molecule has 1 aliphatic rings. The molecular formula is C20H24N4O8S. The number of nitrogens with zero attached hydrogens (tertiary/aromatic N) is 3. The molecule has 0 bridgehead atoms. The van der Waals surface area contributed by atoms with Gasteiger partial charge in [-0.15, -0.1) is 0 Å². The van der Waals surface area contributed by atoms with Crippen LogP contribution in [0.1, 0.15) is 27.7 Å². The summed E-state index contributed by atoms with van der Waals surface area (Å²) >= 11 is 1.15. The van der Waals surface area contributed by atoms with Crippen LogP contribution in [0.5, 0.6) is 0 Å². The monoisotopic (exact) mass is 480 g/mol. The molecule has 13 heteroatoms. The van der Waals surface area contributed by atoms with Gasteiger partial charge in [0, 0.05) is 43.2 Å². The predicted molar refractivity (Wildman–Crippen MR) is 116 cm³/mol. The zero-order valence-electron chi connectivity index (χ0n) is 18.4. The quantitative estimate of drug-likeness (QED) is 0.193. The smallest absolute Gasteiger partial charge is 0.303 e. The Morgan fingerprint density at radius 3 is 2.15 bits per heavy atom. The van der Waals surface area contributed by atoms with Crippen LogP contribution < -0.4 is 5.32 Å². The number of nitrogens with one attached hydrogen (secondary N) is 1. The Morgan fingerprint density at radius 2 is 1.64 bits per heavy atom. The molecule has 0 radical (unpaired) electrons. The van der Waals surface area contributed by atoms with E-state index in [1.165, 1.54) is 20.8 Å². The molecule has 0 aromatic heterocycles. The van der Waals surface area contributed by atoms with Gasteiger partial charge in [0.2, 0.25) is 5.91 Å². The van der Waals surface area contributed by atoms with E-state index < -0.39 is 47.7 Å². The first-order valence-electron chi connectivity index (χ1n) is 9.82. The zero-order chi connectivity index (χ0) is 24.5. The molecule has 1 amide bonds. The van der Waals surface area contributed by atoms with Gasteiger partial charge >= 0.3 is 17.9 Å². The summed E-state index contributed by atoms with van der Waals surface area (Å²) in [5.41, 5.74) is 8.80. The zero-order valence-corrected chi connectivity index (χ0v) is 19.2. The van der Waals surface area contributed by atoms with Gasteiger partial charge in [-0.3, -0.25) is 19.2 Å². The largest absolute Gasteiger partial charge is 0.463 e. The number of thioether (sulfide) groups is 1. The van der Waals surface area contributed by atoms with Crippen LogP contribution in [0.4, 0.5) is 5.69 Å². The number of esters is 3. The van der Waals surface area contributed by atoms with E-state index in [4.69, 9.17) is 24.5 Å². The van der Waals surface area contributed by atoms with Crippen LogP contribution in [0.15, 0.2) is 34.3 Å². The highest BCUT2D eigenvalue weighted by Crippen LogP contribution is 2.37. The van der Waals surface area contributed by atoms with Crippen molar-refractivity contribution in [1.29, 1.82) is 0 Å². The molecule has 2 rings (SSSR count). The number of carbonyl (C=O) groups excluding carboxylic acids is 4. The van der Waals surface area contributed by atoms with Gasteiger partial charge < -0.3 is 24.3 Å². The van der Waals surface area contributed by atoms with E-state index in [9.17, 15) is 19.2 Å². The molecule has 0 aliphatic carbocycles. The molecular weight excluding hydrogens is 456 g/mol. The number of carbonyl (C=O) groups is 4. The van der Waals surface area contributed by atoms with Crippen molar-refractivity contribution in [3.63, 3.8) is 0 Å². The lowest BCUT2D eigenvalue weighted by molar-refractivity contribution is -0.201. The normalized spacial score (nSPS) is 24.1. The van der Waals surface area contributed by atoms with Gasteiger partial charge in [-0.2, -0.15) is 0 Å². The van der Waals surface area contributed by atoms with E-state index in [1.807, 2.05) is 0 Å². The van der Waals surface area contributed by atoms with Gasteiger partial charge in [0.25, 0.3) is 0 Å². The fourth-order valence-corrected chi connectivity index (χ4v) is 4.23. The third-order valence-electron chi connectivity index (χ3n) is 4.28. The molecule has 2 unspecified atom stereocenters. The number of benzene rings is 1. The molecule has 5 atom stereocenters. The van der Waals surface area contributed by atoms with Crippen LogP contribution in [0.2, 0.25) is 0 Å². The Kier molecular flexibility index (Phi) is 9.52. The van der Waals surface area contributed by atoms with Gasteiger partial charge in [0.15, 0.2) is 0 Å². The first-order chi connectivity index (χ1) is 15.6. The third kappa shape index (κ3) is 7.97. The van der Waals surface area contributed by atoms with Crippen molar-refractivity contribution >= 4 is 41.3 Å². The van der Waals surface area contributed by atoms with E-state index in [-0.39, 0.29) is 12.5 Å².